The van der Waals surface area contributed by atoms with Crippen LogP contribution in [-0.4, -0.2) is 49.5 Å². The molecule has 3 aliphatic heterocycles. The second-order valence-electron chi connectivity index (χ2n) is 6.58. The number of ether oxygens (including phenoxy) is 3. The molecule has 2 aromatic rings. The van der Waals surface area contributed by atoms with Crippen molar-refractivity contribution in [3.8, 4) is 5.75 Å². The van der Waals surface area contributed by atoms with Gasteiger partial charge in [0.05, 0.1) is 30.9 Å². The Labute approximate surface area is 164 Å². The summed E-state index contributed by atoms with van der Waals surface area (Å²) < 4.78 is 16.8. The summed E-state index contributed by atoms with van der Waals surface area (Å²) in [7, 11) is 1.62. The summed E-state index contributed by atoms with van der Waals surface area (Å²) in [5.41, 5.74) is 5.34. The van der Waals surface area contributed by atoms with Crippen LogP contribution in [0.2, 0.25) is 0 Å². The van der Waals surface area contributed by atoms with Crippen LogP contribution in [-0.2, 0) is 14.3 Å². The van der Waals surface area contributed by atoms with Gasteiger partial charge in [0.25, 0.3) is 5.91 Å². The molecule has 1 aromatic carbocycles. The van der Waals surface area contributed by atoms with Gasteiger partial charge >= 0.3 is 0 Å². The van der Waals surface area contributed by atoms with E-state index in [-0.39, 0.29) is 24.0 Å². The van der Waals surface area contributed by atoms with Crippen LogP contribution in [0, 0.1) is 5.92 Å². The molecule has 2 fully saturated rings. The number of hydrazone groups is 1. The monoisotopic (exact) mass is 399 g/mol. The number of nitrogens with one attached hydrogen (secondary N) is 1. The number of benzene rings is 1. The number of hydrogen-bond donors (Lipinski definition) is 1. The fourth-order valence-corrected chi connectivity index (χ4v) is 4.20. The molecule has 144 valence electrons. The van der Waals surface area contributed by atoms with E-state index in [1.807, 2.05) is 29.6 Å². The van der Waals surface area contributed by atoms with E-state index in [0.29, 0.717) is 17.9 Å². The maximum atomic E-state index is 12.3. The molecule has 2 bridgehead atoms. The third-order valence-electron chi connectivity index (χ3n) is 4.99. The largest absolute Gasteiger partial charge is 0.497 e. The van der Waals surface area contributed by atoms with Gasteiger partial charge in [-0.2, -0.15) is 16.4 Å². The second kappa shape index (κ2) is 7.01. The van der Waals surface area contributed by atoms with E-state index in [1.165, 1.54) is 11.3 Å². The summed E-state index contributed by atoms with van der Waals surface area (Å²) in [4.78, 5) is 18.0. The first-order valence-electron chi connectivity index (χ1n) is 8.80. The molecule has 1 N–H and O–H groups in total. The van der Waals surface area contributed by atoms with E-state index >= 15 is 0 Å². The topological polar surface area (TPSA) is 90.7 Å². The van der Waals surface area contributed by atoms with Gasteiger partial charge in [-0.05, 0) is 35.7 Å². The summed E-state index contributed by atoms with van der Waals surface area (Å²) in [5, 5.41) is 12.3. The Morgan fingerprint density at radius 1 is 1.32 bits per heavy atom. The molecule has 0 unspecified atom stereocenters. The Balaban J connectivity index is 1.45. The summed E-state index contributed by atoms with van der Waals surface area (Å²) in [5.74, 6) is 0.210. The maximum absolute atomic E-state index is 12.3. The average Bonchev–Trinajstić information content (AvgIpc) is 3.48. The van der Waals surface area contributed by atoms with Gasteiger partial charge in [0.15, 0.2) is 12.4 Å². The van der Waals surface area contributed by atoms with E-state index in [1.54, 1.807) is 18.6 Å². The van der Waals surface area contributed by atoms with Crippen molar-refractivity contribution >= 4 is 28.7 Å². The standard InChI is InChI=1S/C19H17N3O5S/c1-24-12-4-2-10(3-5-12)15-14-16(20-21-18(23)11-6-7-28-9-11)19-25-8-13(26-19)17(14)27-22-15/h2-7,9,13-14,17,19H,8H2,1H3,(H,21,23)/b20-16+/t13-,14-,17-,19-/m1/s1. The van der Waals surface area contributed by atoms with Gasteiger partial charge in [-0.15, -0.1) is 0 Å². The number of carbonyl (C=O) groups excluding carboxylic acids is 1. The third-order valence-corrected chi connectivity index (χ3v) is 5.67. The average molecular weight is 399 g/mol. The Morgan fingerprint density at radius 2 is 2.18 bits per heavy atom. The Morgan fingerprint density at radius 3 is 2.93 bits per heavy atom. The second-order valence-corrected chi connectivity index (χ2v) is 7.36. The molecular weight excluding hydrogens is 382 g/mol. The van der Waals surface area contributed by atoms with Crippen LogP contribution < -0.4 is 10.2 Å². The fraction of sp³-hybridized carbons (Fsp3) is 0.316. The highest BCUT2D eigenvalue weighted by atomic mass is 32.1. The molecule has 2 saturated heterocycles. The van der Waals surface area contributed by atoms with Crippen LogP contribution in [0.3, 0.4) is 0 Å². The Hall–Kier alpha value is -2.75. The number of oxime groups is 1. The van der Waals surface area contributed by atoms with E-state index in [0.717, 1.165) is 17.0 Å². The predicted octanol–water partition coefficient (Wildman–Crippen LogP) is 2.02. The molecule has 0 spiro atoms. The zero-order chi connectivity index (χ0) is 19.1. The van der Waals surface area contributed by atoms with E-state index in [2.05, 4.69) is 15.7 Å². The van der Waals surface area contributed by atoms with E-state index < -0.39 is 6.29 Å². The first-order chi connectivity index (χ1) is 13.7. The lowest BCUT2D eigenvalue weighted by atomic mass is 9.84. The SMILES string of the molecule is COc1ccc(C2=NO[C@H]3[C@H]2/C(=N\NC(=O)c2ccsc2)[C@@H]2OC[C@H]3O2)cc1. The lowest BCUT2D eigenvalue weighted by Crippen LogP contribution is -2.49. The number of nitrogens with zero attached hydrogens (tertiary/aromatic N) is 2. The van der Waals surface area contributed by atoms with Gasteiger partial charge in [0, 0.05) is 10.9 Å². The number of amides is 1. The number of rotatable bonds is 4. The molecule has 9 heteroatoms. The van der Waals surface area contributed by atoms with Crippen LogP contribution in [0.5, 0.6) is 5.75 Å². The summed E-state index contributed by atoms with van der Waals surface area (Å²) in [6, 6.07) is 9.31. The van der Waals surface area contributed by atoms with Crippen LogP contribution in [0.25, 0.3) is 0 Å². The van der Waals surface area contributed by atoms with Crippen molar-refractivity contribution in [3.63, 3.8) is 0 Å². The minimum Gasteiger partial charge on any atom is -0.497 e. The van der Waals surface area contributed by atoms with Crippen molar-refractivity contribution in [2.45, 2.75) is 18.5 Å². The van der Waals surface area contributed by atoms with Crippen LogP contribution in [0.1, 0.15) is 15.9 Å². The molecule has 0 aliphatic carbocycles. The molecule has 8 nitrogen and oxygen atoms in total. The predicted molar refractivity (Wildman–Crippen MR) is 102 cm³/mol. The van der Waals surface area contributed by atoms with Gasteiger partial charge in [0.2, 0.25) is 0 Å². The van der Waals surface area contributed by atoms with Gasteiger partial charge in [-0.25, -0.2) is 5.43 Å². The van der Waals surface area contributed by atoms with Crippen molar-refractivity contribution in [2.75, 3.05) is 13.7 Å². The lowest BCUT2D eigenvalue weighted by molar-refractivity contribution is -0.0812. The van der Waals surface area contributed by atoms with Crippen molar-refractivity contribution in [1.82, 2.24) is 5.43 Å². The molecule has 28 heavy (non-hydrogen) atoms. The van der Waals surface area contributed by atoms with Crippen molar-refractivity contribution in [1.29, 1.82) is 0 Å². The number of methoxy groups -OCH3 is 1. The summed E-state index contributed by atoms with van der Waals surface area (Å²) in [6.45, 7) is 0.398. The summed E-state index contributed by atoms with van der Waals surface area (Å²) in [6.07, 6.45) is -1.19. The van der Waals surface area contributed by atoms with Gasteiger partial charge < -0.3 is 19.0 Å². The lowest BCUT2D eigenvalue weighted by Gasteiger charge is -2.30. The minimum absolute atomic E-state index is 0.221. The first-order valence-corrected chi connectivity index (χ1v) is 9.74. The third kappa shape index (κ3) is 2.88. The number of hydrogen-bond acceptors (Lipinski definition) is 8. The smallest absolute Gasteiger partial charge is 0.272 e. The highest BCUT2D eigenvalue weighted by Gasteiger charge is 2.55. The molecule has 5 rings (SSSR count). The van der Waals surface area contributed by atoms with Crippen LogP contribution >= 0.6 is 11.3 Å². The van der Waals surface area contributed by atoms with E-state index in [4.69, 9.17) is 19.0 Å². The number of thiophene rings is 1. The molecule has 3 aliphatic rings. The number of fused-ring (bicyclic) bond motifs is 4. The highest BCUT2D eigenvalue weighted by Crippen LogP contribution is 2.38. The van der Waals surface area contributed by atoms with Gasteiger partial charge in [-0.1, -0.05) is 5.16 Å². The molecule has 4 atom stereocenters. The zero-order valence-corrected chi connectivity index (χ0v) is 15.7. The molecule has 4 heterocycles. The molecule has 1 aromatic heterocycles. The van der Waals surface area contributed by atoms with Crippen molar-refractivity contribution in [2.24, 2.45) is 16.2 Å². The van der Waals surface area contributed by atoms with Crippen molar-refractivity contribution < 1.29 is 23.8 Å². The maximum Gasteiger partial charge on any atom is 0.272 e. The quantitative estimate of drug-likeness (QED) is 0.795. The fourth-order valence-electron chi connectivity index (χ4n) is 3.57. The molecule has 0 saturated carbocycles. The van der Waals surface area contributed by atoms with Crippen molar-refractivity contribution in [3.05, 3.63) is 52.2 Å². The zero-order valence-electron chi connectivity index (χ0n) is 14.9. The van der Waals surface area contributed by atoms with Gasteiger partial charge in [0.1, 0.15) is 17.6 Å². The normalized spacial score (nSPS) is 29.2. The van der Waals surface area contributed by atoms with Crippen LogP contribution in [0.4, 0.5) is 0 Å². The first kappa shape index (κ1) is 17.4. The van der Waals surface area contributed by atoms with Gasteiger partial charge in [-0.3, -0.25) is 4.79 Å². The number of carbonyl (C=O) groups is 1. The van der Waals surface area contributed by atoms with E-state index in [9.17, 15) is 4.79 Å². The molecule has 0 radical (unpaired) electrons. The summed E-state index contributed by atoms with van der Waals surface area (Å²) >= 11 is 1.45. The Bertz CT molecular complexity index is 941. The van der Waals surface area contributed by atoms with Crippen LogP contribution in [0.15, 0.2) is 51.3 Å². The molecule has 1 amide bonds. The minimum atomic E-state index is -0.626. The Kier molecular flexibility index (Phi) is 4.34. The molecular formula is C19H17N3O5S. The highest BCUT2D eigenvalue weighted by molar-refractivity contribution is 7.08.